The van der Waals surface area contributed by atoms with Crippen molar-refractivity contribution in [1.82, 2.24) is 4.98 Å². The third kappa shape index (κ3) is 4.58. The number of amides is 1. The van der Waals surface area contributed by atoms with Gasteiger partial charge >= 0.3 is 0 Å². The fourth-order valence-corrected chi connectivity index (χ4v) is 7.45. The topological polar surface area (TPSA) is 59.1 Å². The lowest BCUT2D eigenvalue weighted by Crippen LogP contribution is -2.26. The lowest BCUT2D eigenvalue weighted by molar-refractivity contribution is -0.113. The summed E-state index contributed by atoms with van der Waals surface area (Å²) in [6.07, 6.45) is -0.0972. The average molecular weight is 483 g/mol. The highest BCUT2D eigenvalue weighted by atomic mass is 32.1. The standard InChI is InChI=1S/C28H23N2O2PS/c1-20-12-17-25-26(18-20)34-28(30-25)21-13-15-22(16-14-21)29-27(31)19-33(32,23-8-4-2-5-9-23)24-10-6-3-7-11-24/h2-18H,19H2,1H3,(H,29,31). The highest BCUT2D eigenvalue weighted by molar-refractivity contribution is 7.79. The summed E-state index contributed by atoms with van der Waals surface area (Å²) >= 11 is 1.65. The van der Waals surface area contributed by atoms with E-state index < -0.39 is 7.14 Å². The smallest absolute Gasteiger partial charge is 0.232 e. The molecule has 6 heteroatoms. The van der Waals surface area contributed by atoms with Crippen LogP contribution in [-0.2, 0) is 9.36 Å². The van der Waals surface area contributed by atoms with Gasteiger partial charge in [0.05, 0.1) is 16.4 Å². The number of fused-ring (bicyclic) bond motifs is 1. The van der Waals surface area contributed by atoms with Gasteiger partial charge in [0.15, 0.2) is 7.14 Å². The molecule has 34 heavy (non-hydrogen) atoms. The van der Waals surface area contributed by atoms with Crippen LogP contribution in [-0.4, -0.2) is 17.1 Å². The second-order valence-electron chi connectivity index (χ2n) is 8.18. The van der Waals surface area contributed by atoms with Gasteiger partial charge in [0.25, 0.3) is 0 Å². The van der Waals surface area contributed by atoms with Crippen LogP contribution in [0.4, 0.5) is 5.69 Å². The van der Waals surface area contributed by atoms with Gasteiger partial charge in [-0.2, -0.15) is 0 Å². The van der Waals surface area contributed by atoms with Gasteiger partial charge in [-0.15, -0.1) is 11.3 Å². The molecule has 0 fully saturated rings. The van der Waals surface area contributed by atoms with Gasteiger partial charge < -0.3 is 9.88 Å². The maximum Gasteiger partial charge on any atom is 0.232 e. The SMILES string of the molecule is Cc1ccc2nc(-c3ccc(NC(=O)CP(=O)(c4ccccc4)c4ccccc4)cc3)sc2c1. The third-order valence-electron chi connectivity index (χ3n) is 5.67. The molecule has 0 aliphatic carbocycles. The highest BCUT2D eigenvalue weighted by Gasteiger charge is 2.30. The molecule has 0 aliphatic rings. The van der Waals surface area contributed by atoms with Crippen molar-refractivity contribution >= 4 is 50.9 Å². The molecule has 1 amide bonds. The van der Waals surface area contributed by atoms with Crippen LogP contribution in [0.15, 0.2) is 103 Å². The number of carbonyl (C=O) groups is 1. The van der Waals surface area contributed by atoms with Crippen LogP contribution in [0.1, 0.15) is 5.56 Å². The normalized spacial score (nSPS) is 11.4. The Hall–Kier alpha value is -3.53. The lowest BCUT2D eigenvalue weighted by atomic mass is 10.2. The zero-order valence-electron chi connectivity index (χ0n) is 18.6. The number of thiazole rings is 1. The molecule has 0 bridgehead atoms. The van der Waals surface area contributed by atoms with Gasteiger partial charge in [-0.05, 0) is 48.9 Å². The molecule has 5 rings (SSSR count). The maximum absolute atomic E-state index is 14.1. The summed E-state index contributed by atoms with van der Waals surface area (Å²) < 4.78 is 15.3. The minimum Gasteiger partial charge on any atom is -0.326 e. The molecule has 4 nitrogen and oxygen atoms in total. The molecule has 0 saturated carbocycles. The molecular weight excluding hydrogens is 459 g/mol. The number of hydrogen-bond donors (Lipinski definition) is 1. The number of benzene rings is 4. The Bertz CT molecular complexity index is 1450. The fourth-order valence-electron chi connectivity index (χ4n) is 3.92. The fraction of sp³-hybridized carbons (Fsp3) is 0.0714. The summed E-state index contributed by atoms with van der Waals surface area (Å²) in [5.41, 5.74) is 3.86. The van der Waals surface area contributed by atoms with Gasteiger partial charge in [0, 0.05) is 21.9 Å². The van der Waals surface area contributed by atoms with E-state index in [4.69, 9.17) is 4.98 Å². The van der Waals surface area contributed by atoms with Crippen molar-refractivity contribution in [1.29, 1.82) is 0 Å². The molecule has 168 valence electrons. The maximum atomic E-state index is 14.1. The first-order chi connectivity index (χ1) is 16.5. The Kier molecular flexibility index (Phi) is 6.14. The van der Waals surface area contributed by atoms with Crippen molar-refractivity contribution in [3.05, 3.63) is 109 Å². The molecule has 4 aromatic carbocycles. The van der Waals surface area contributed by atoms with Crippen LogP contribution in [0.3, 0.4) is 0 Å². The molecule has 0 radical (unpaired) electrons. The summed E-state index contributed by atoms with van der Waals surface area (Å²) in [6, 6.07) is 32.4. The van der Waals surface area contributed by atoms with Gasteiger partial charge in [0.1, 0.15) is 5.01 Å². The number of hydrogen-bond acceptors (Lipinski definition) is 4. The van der Waals surface area contributed by atoms with Crippen LogP contribution >= 0.6 is 18.5 Å². The summed E-state index contributed by atoms with van der Waals surface area (Å²) in [4.78, 5) is 17.7. The van der Waals surface area contributed by atoms with E-state index in [1.165, 1.54) is 5.56 Å². The molecule has 0 spiro atoms. The number of nitrogens with zero attached hydrogens (tertiary/aromatic N) is 1. The Morgan fingerprint density at radius 2 is 1.47 bits per heavy atom. The highest BCUT2D eigenvalue weighted by Crippen LogP contribution is 2.43. The molecule has 0 atom stereocenters. The Morgan fingerprint density at radius 3 is 2.09 bits per heavy atom. The van der Waals surface area contributed by atoms with Crippen LogP contribution in [0, 0.1) is 6.92 Å². The molecule has 0 unspecified atom stereocenters. The van der Waals surface area contributed by atoms with Crippen molar-refractivity contribution in [3.63, 3.8) is 0 Å². The molecule has 1 heterocycles. The molecule has 0 saturated heterocycles. The number of anilines is 1. The van der Waals surface area contributed by atoms with E-state index in [9.17, 15) is 9.36 Å². The monoisotopic (exact) mass is 482 g/mol. The summed E-state index contributed by atoms with van der Waals surface area (Å²) in [7, 11) is -3.12. The van der Waals surface area contributed by atoms with E-state index in [1.807, 2.05) is 91.0 Å². The van der Waals surface area contributed by atoms with Crippen LogP contribution in [0.5, 0.6) is 0 Å². The van der Waals surface area contributed by atoms with E-state index in [0.717, 1.165) is 20.8 Å². The largest absolute Gasteiger partial charge is 0.326 e. The Balaban J connectivity index is 1.35. The average Bonchev–Trinajstić information content (AvgIpc) is 3.28. The third-order valence-corrected chi connectivity index (χ3v) is 9.74. The summed E-state index contributed by atoms with van der Waals surface area (Å²) in [6.45, 7) is 2.07. The number of rotatable bonds is 6. The number of aryl methyl sites for hydroxylation is 1. The zero-order valence-corrected chi connectivity index (χ0v) is 20.4. The summed E-state index contributed by atoms with van der Waals surface area (Å²) in [5.74, 6) is -0.278. The first-order valence-electron chi connectivity index (χ1n) is 11.0. The molecule has 1 N–H and O–H groups in total. The number of aromatic nitrogens is 1. The second kappa shape index (κ2) is 9.38. The predicted octanol–water partition coefficient (Wildman–Crippen LogP) is 6.22. The Morgan fingerprint density at radius 1 is 0.853 bits per heavy atom. The molecule has 5 aromatic rings. The minimum absolute atomic E-state index is 0.0972. The molecule has 1 aromatic heterocycles. The minimum atomic E-state index is -3.12. The second-order valence-corrected chi connectivity index (χ2v) is 12.0. The number of nitrogens with one attached hydrogen (secondary N) is 1. The number of carbonyl (C=O) groups excluding carboxylic acids is 1. The van der Waals surface area contributed by atoms with E-state index in [0.29, 0.717) is 16.3 Å². The molecular formula is C28H23N2O2PS. The van der Waals surface area contributed by atoms with Crippen LogP contribution < -0.4 is 15.9 Å². The van der Waals surface area contributed by atoms with Gasteiger partial charge in [-0.25, -0.2) is 4.98 Å². The quantitative estimate of drug-likeness (QED) is 0.292. The van der Waals surface area contributed by atoms with Crippen molar-refractivity contribution < 1.29 is 9.36 Å². The Labute approximate surface area is 202 Å². The van der Waals surface area contributed by atoms with Crippen LogP contribution in [0.25, 0.3) is 20.8 Å². The zero-order chi connectivity index (χ0) is 23.5. The van der Waals surface area contributed by atoms with E-state index in [-0.39, 0.29) is 12.1 Å². The van der Waals surface area contributed by atoms with Crippen molar-refractivity contribution in [2.45, 2.75) is 6.92 Å². The first-order valence-corrected chi connectivity index (χ1v) is 13.7. The van der Waals surface area contributed by atoms with E-state index >= 15 is 0 Å². The van der Waals surface area contributed by atoms with Gasteiger partial charge in [-0.3, -0.25) is 4.79 Å². The lowest BCUT2D eigenvalue weighted by Gasteiger charge is -2.19. The van der Waals surface area contributed by atoms with E-state index in [2.05, 4.69) is 24.4 Å². The summed E-state index contributed by atoms with van der Waals surface area (Å²) in [5, 5.41) is 5.22. The van der Waals surface area contributed by atoms with Gasteiger partial charge in [-0.1, -0.05) is 66.7 Å². The van der Waals surface area contributed by atoms with Gasteiger partial charge in [0.2, 0.25) is 5.91 Å². The first kappa shape index (κ1) is 22.3. The molecule has 0 aliphatic heterocycles. The van der Waals surface area contributed by atoms with Crippen LogP contribution in [0.2, 0.25) is 0 Å². The van der Waals surface area contributed by atoms with E-state index in [1.54, 1.807) is 11.3 Å². The van der Waals surface area contributed by atoms with Crippen molar-refractivity contribution in [2.24, 2.45) is 0 Å². The van der Waals surface area contributed by atoms with Crippen molar-refractivity contribution in [3.8, 4) is 10.6 Å². The predicted molar refractivity (Wildman–Crippen MR) is 143 cm³/mol. The van der Waals surface area contributed by atoms with Crippen molar-refractivity contribution in [2.75, 3.05) is 11.5 Å².